The Labute approximate surface area is 61.9 Å². The minimum absolute atomic E-state index is 0.830. The summed E-state index contributed by atoms with van der Waals surface area (Å²) in [5, 5.41) is 0. The van der Waals surface area contributed by atoms with E-state index in [2.05, 4.69) is 12.2 Å². The van der Waals surface area contributed by atoms with Gasteiger partial charge >= 0.3 is 0 Å². The molecule has 0 unspecified atom stereocenters. The number of hydrogen-bond donors (Lipinski definition) is 0. The molecule has 0 spiro atoms. The summed E-state index contributed by atoms with van der Waals surface area (Å²) in [4.78, 5) is 0. The van der Waals surface area contributed by atoms with E-state index in [4.69, 9.17) is 11.6 Å². The van der Waals surface area contributed by atoms with E-state index in [0.29, 0.717) is 0 Å². The lowest BCUT2D eigenvalue weighted by atomic mass is 10.0. The Kier molecular flexibility index (Phi) is 3.13. The van der Waals surface area contributed by atoms with Gasteiger partial charge in [0.05, 0.1) is 0 Å². The second-order valence-electron chi connectivity index (χ2n) is 2.64. The molecule has 0 radical (unpaired) electrons. The molecule has 0 N–H and O–H groups in total. The quantitative estimate of drug-likeness (QED) is 0.422. The minimum atomic E-state index is 0.830. The third-order valence-corrected chi connectivity index (χ3v) is 2.12. The third-order valence-electron chi connectivity index (χ3n) is 1.85. The topological polar surface area (TPSA) is 0 Å². The van der Waals surface area contributed by atoms with Crippen molar-refractivity contribution in [3.8, 4) is 0 Å². The second kappa shape index (κ2) is 3.94. The Morgan fingerprint density at radius 3 is 2.56 bits per heavy atom. The maximum absolute atomic E-state index is 5.56. The summed E-state index contributed by atoms with van der Waals surface area (Å²) in [6, 6.07) is 0. The van der Waals surface area contributed by atoms with Crippen LogP contribution in [-0.2, 0) is 0 Å². The van der Waals surface area contributed by atoms with Crippen LogP contribution in [0, 0.1) is 5.92 Å². The van der Waals surface area contributed by atoms with Gasteiger partial charge < -0.3 is 0 Å². The summed E-state index contributed by atoms with van der Waals surface area (Å²) in [5.41, 5.74) is 0. The molecule has 0 aromatic heterocycles. The normalized spacial score (nSPS) is 19.2. The van der Waals surface area contributed by atoms with Crippen LogP contribution in [0.25, 0.3) is 0 Å². The number of allylic oxidation sites excluding steroid dienone is 2. The standard InChI is InChI=1S/C8H13Cl/c9-7-3-6-8-4-1-2-5-8/h1-2,8H,3-7H2. The Morgan fingerprint density at radius 2 is 2.00 bits per heavy atom. The molecular weight excluding hydrogens is 132 g/mol. The fourth-order valence-corrected chi connectivity index (χ4v) is 1.43. The van der Waals surface area contributed by atoms with Crippen LogP contribution in [0.4, 0.5) is 0 Å². The van der Waals surface area contributed by atoms with E-state index in [-0.39, 0.29) is 0 Å². The Bertz CT molecular complexity index is 88.7. The van der Waals surface area contributed by atoms with E-state index in [9.17, 15) is 0 Å². The molecule has 0 nitrogen and oxygen atoms in total. The first-order chi connectivity index (χ1) is 4.43. The maximum Gasteiger partial charge on any atom is 0.0223 e. The Balaban J connectivity index is 2.01. The highest BCUT2D eigenvalue weighted by Crippen LogP contribution is 2.22. The van der Waals surface area contributed by atoms with Crippen LogP contribution in [0.2, 0.25) is 0 Å². The van der Waals surface area contributed by atoms with Gasteiger partial charge in [-0.3, -0.25) is 0 Å². The molecule has 0 aromatic rings. The molecule has 1 rings (SSSR count). The van der Waals surface area contributed by atoms with E-state index in [1.165, 1.54) is 25.7 Å². The van der Waals surface area contributed by atoms with Crippen LogP contribution >= 0.6 is 11.6 Å². The molecule has 0 atom stereocenters. The van der Waals surface area contributed by atoms with Crippen molar-refractivity contribution in [2.24, 2.45) is 5.92 Å². The summed E-state index contributed by atoms with van der Waals surface area (Å²) < 4.78 is 0. The molecule has 0 aliphatic heterocycles. The van der Waals surface area contributed by atoms with Crippen molar-refractivity contribution >= 4 is 11.6 Å². The molecule has 52 valence electrons. The van der Waals surface area contributed by atoms with Gasteiger partial charge in [-0.1, -0.05) is 12.2 Å². The van der Waals surface area contributed by atoms with Gasteiger partial charge in [-0.2, -0.15) is 0 Å². The zero-order valence-electron chi connectivity index (χ0n) is 5.65. The summed E-state index contributed by atoms with van der Waals surface area (Å²) in [6.45, 7) is 0. The molecule has 0 bridgehead atoms. The average Bonchev–Trinajstić information content (AvgIpc) is 2.34. The highest BCUT2D eigenvalue weighted by Gasteiger charge is 2.08. The molecule has 1 heteroatoms. The van der Waals surface area contributed by atoms with Crippen LogP contribution in [-0.4, -0.2) is 5.88 Å². The Morgan fingerprint density at radius 1 is 1.33 bits per heavy atom. The van der Waals surface area contributed by atoms with Crippen molar-refractivity contribution in [2.45, 2.75) is 25.7 Å². The zero-order chi connectivity index (χ0) is 6.53. The van der Waals surface area contributed by atoms with Gasteiger partial charge in [0.15, 0.2) is 0 Å². The van der Waals surface area contributed by atoms with Gasteiger partial charge in [0.2, 0.25) is 0 Å². The van der Waals surface area contributed by atoms with Crippen molar-refractivity contribution < 1.29 is 0 Å². The summed E-state index contributed by atoms with van der Waals surface area (Å²) in [6.07, 6.45) is 9.63. The fourth-order valence-electron chi connectivity index (χ4n) is 1.28. The molecule has 0 fully saturated rings. The average molecular weight is 145 g/mol. The number of halogens is 1. The van der Waals surface area contributed by atoms with Crippen LogP contribution in [0.3, 0.4) is 0 Å². The van der Waals surface area contributed by atoms with Crippen molar-refractivity contribution in [1.29, 1.82) is 0 Å². The smallest absolute Gasteiger partial charge is 0.0223 e. The predicted octanol–water partition coefficient (Wildman–Crippen LogP) is 2.97. The monoisotopic (exact) mass is 144 g/mol. The van der Waals surface area contributed by atoms with Gasteiger partial charge in [0.25, 0.3) is 0 Å². The lowest BCUT2D eigenvalue weighted by Gasteiger charge is -2.05. The molecule has 0 saturated carbocycles. The molecule has 9 heavy (non-hydrogen) atoms. The largest absolute Gasteiger partial charge is 0.127 e. The highest BCUT2D eigenvalue weighted by molar-refractivity contribution is 6.17. The van der Waals surface area contributed by atoms with Crippen molar-refractivity contribution in [3.05, 3.63) is 12.2 Å². The lowest BCUT2D eigenvalue weighted by Crippen LogP contribution is -1.93. The van der Waals surface area contributed by atoms with Crippen LogP contribution in [0.1, 0.15) is 25.7 Å². The van der Waals surface area contributed by atoms with Crippen molar-refractivity contribution in [2.75, 3.05) is 5.88 Å². The van der Waals surface area contributed by atoms with E-state index in [1.807, 2.05) is 0 Å². The van der Waals surface area contributed by atoms with Crippen molar-refractivity contribution in [3.63, 3.8) is 0 Å². The minimum Gasteiger partial charge on any atom is -0.127 e. The first kappa shape index (κ1) is 7.14. The third kappa shape index (κ3) is 2.40. The second-order valence-corrected chi connectivity index (χ2v) is 3.02. The first-order valence-electron chi connectivity index (χ1n) is 3.64. The van der Waals surface area contributed by atoms with Gasteiger partial charge in [-0.25, -0.2) is 0 Å². The van der Waals surface area contributed by atoms with E-state index in [1.54, 1.807) is 0 Å². The van der Waals surface area contributed by atoms with Gasteiger partial charge in [-0.05, 0) is 31.6 Å². The van der Waals surface area contributed by atoms with Crippen LogP contribution in [0.15, 0.2) is 12.2 Å². The molecule has 0 heterocycles. The molecule has 1 aliphatic rings. The lowest BCUT2D eigenvalue weighted by molar-refractivity contribution is 0.515. The fraction of sp³-hybridized carbons (Fsp3) is 0.750. The van der Waals surface area contributed by atoms with Crippen LogP contribution in [0.5, 0.6) is 0 Å². The summed E-state index contributed by atoms with van der Waals surface area (Å²) in [5.74, 6) is 1.75. The maximum atomic E-state index is 5.56. The van der Waals surface area contributed by atoms with Gasteiger partial charge in [0.1, 0.15) is 0 Å². The highest BCUT2D eigenvalue weighted by atomic mass is 35.5. The van der Waals surface area contributed by atoms with E-state index >= 15 is 0 Å². The number of hydrogen-bond acceptors (Lipinski definition) is 0. The predicted molar refractivity (Wildman–Crippen MR) is 41.8 cm³/mol. The van der Waals surface area contributed by atoms with Crippen LogP contribution < -0.4 is 0 Å². The van der Waals surface area contributed by atoms with Gasteiger partial charge in [0, 0.05) is 5.88 Å². The Hall–Kier alpha value is 0.0300. The van der Waals surface area contributed by atoms with E-state index < -0.39 is 0 Å². The first-order valence-corrected chi connectivity index (χ1v) is 4.18. The molecule has 0 saturated heterocycles. The molecule has 0 amide bonds. The molecule has 0 aromatic carbocycles. The number of rotatable bonds is 3. The van der Waals surface area contributed by atoms with Crippen molar-refractivity contribution in [1.82, 2.24) is 0 Å². The zero-order valence-corrected chi connectivity index (χ0v) is 6.40. The van der Waals surface area contributed by atoms with E-state index in [0.717, 1.165) is 11.8 Å². The summed E-state index contributed by atoms with van der Waals surface area (Å²) in [7, 11) is 0. The molecular formula is C8H13Cl. The van der Waals surface area contributed by atoms with Gasteiger partial charge in [-0.15, -0.1) is 11.6 Å². The summed E-state index contributed by atoms with van der Waals surface area (Å²) >= 11 is 5.56. The molecule has 1 aliphatic carbocycles. The number of alkyl halides is 1. The SMILES string of the molecule is ClCCCC1CC=CC1.